The van der Waals surface area contributed by atoms with Gasteiger partial charge in [-0.25, -0.2) is 4.90 Å². The number of nitrogens with zero attached hydrogens (tertiary/aromatic N) is 2. The molecule has 1 saturated heterocycles. The molecule has 0 bridgehead atoms. The third-order valence-corrected chi connectivity index (χ3v) is 4.74. The number of carbonyl (C=O) groups excluding carboxylic acids is 3. The number of hydrogen-bond donors (Lipinski definition) is 0. The maximum atomic E-state index is 13.1. The third-order valence-electron chi connectivity index (χ3n) is 4.49. The fraction of sp³-hybridized carbons (Fsp3) is 0.190. The first-order valence-corrected chi connectivity index (χ1v) is 9.02. The van der Waals surface area contributed by atoms with Crippen molar-refractivity contribution < 1.29 is 19.1 Å². The predicted molar refractivity (Wildman–Crippen MR) is 107 cm³/mol. The van der Waals surface area contributed by atoms with Crippen LogP contribution in [0.5, 0.6) is 5.75 Å². The molecule has 0 aromatic heterocycles. The molecule has 1 aliphatic heterocycles. The molecule has 2 aromatic rings. The molecule has 1 aliphatic rings. The molecule has 2 aromatic carbocycles. The minimum atomic E-state index is -0.903. The number of benzene rings is 2. The summed E-state index contributed by atoms with van der Waals surface area (Å²) in [5.41, 5.74) is 0.792. The van der Waals surface area contributed by atoms with Crippen molar-refractivity contribution in [3.63, 3.8) is 0 Å². The monoisotopic (exact) mass is 398 g/mol. The summed E-state index contributed by atoms with van der Waals surface area (Å²) in [7, 11) is 1.51. The Bertz CT molecular complexity index is 926. The molecule has 6 nitrogen and oxygen atoms in total. The summed E-state index contributed by atoms with van der Waals surface area (Å²) >= 11 is 5.88. The van der Waals surface area contributed by atoms with Gasteiger partial charge in [-0.1, -0.05) is 23.7 Å². The van der Waals surface area contributed by atoms with E-state index in [9.17, 15) is 14.4 Å². The van der Waals surface area contributed by atoms with E-state index < -0.39 is 11.9 Å². The van der Waals surface area contributed by atoms with E-state index in [4.69, 9.17) is 16.3 Å². The number of methoxy groups -OCH3 is 1. The van der Waals surface area contributed by atoms with Crippen LogP contribution in [0.25, 0.3) is 0 Å². The van der Waals surface area contributed by atoms with Crippen molar-refractivity contribution in [2.45, 2.75) is 12.5 Å². The molecular formula is C21H19ClN2O4. The minimum absolute atomic E-state index is 0.0923. The molecule has 28 heavy (non-hydrogen) atoms. The highest BCUT2D eigenvalue weighted by Gasteiger charge is 2.44. The summed E-state index contributed by atoms with van der Waals surface area (Å²) in [6.45, 7) is 3.80. The van der Waals surface area contributed by atoms with E-state index >= 15 is 0 Å². The Hall–Kier alpha value is -3.12. The Morgan fingerprint density at radius 1 is 1.29 bits per heavy atom. The maximum Gasteiger partial charge on any atom is 0.257 e. The van der Waals surface area contributed by atoms with Gasteiger partial charge in [0.2, 0.25) is 5.91 Å². The summed E-state index contributed by atoms with van der Waals surface area (Å²) in [4.78, 5) is 41.0. The molecule has 3 rings (SSSR count). The molecule has 0 saturated carbocycles. The topological polar surface area (TPSA) is 66.9 Å². The Morgan fingerprint density at radius 3 is 2.64 bits per heavy atom. The van der Waals surface area contributed by atoms with Crippen molar-refractivity contribution in [3.05, 3.63) is 71.8 Å². The molecule has 1 atom stereocenters. The highest BCUT2D eigenvalue weighted by Crippen LogP contribution is 2.28. The lowest BCUT2D eigenvalue weighted by molar-refractivity contribution is -0.122. The molecule has 0 radical (unpaired) electrons. The first-order chi connectivity index (χ1) is 13.5. The number of halogens is 1. The van der Waals surface area contributed by atoms with Crippen LogP contribution < -0.4 is 9.64 Å². The number of amides is 3. The van der Waals surface area contributed by atoms with Crippen LogP contribution in [-0.2, 0) is 9.59 Å². The lowest BCUT2D eigenvalue weighted by Crippen LogP contribution is -2.45. The van der Waals surface area contributed by atoms with Crippen LogP contribution >= 0.6 is 11.6 Å². The molecule has 3 amide bonds. The molecule has 7 heteroatoms. The van der Waals surface area contributed by atoms with Crippen molar-refractivity contribution in [2.75, 3.05) is 18.6 Å². The summed E-state index contributed by atoms with van der Waals surface area (Å²) in [6, 6.07) is 12.2. The summed E-state index contributed by atoms with van der Waals surface area (Å²) in [6.07, 6.45) is 1.44. The SMILES string of the molecule is C=CCN(C(=O)c1cccc(OC)c1)C1CC(=O)N(c2ccc(Cl)cc2)C1=O. The Labute approximate surface area is 167 Å². The van der Waals surface area contributed by atoms with Crippen LogP contribution in [-0.4, -0.2) is 42.3 Å². The highest BCUT2D eigenvalue weighted by molar-refractivity contribution is 6.31. The van der Waals surface area contributed by atoms with Crippen LogP contribution in [0.4, 0.5) is 5.69 Å². The van der Waals surface area contributed by atoms with Gasteiger partial charge in [0, 0.05) is 17.1 Å². The van der Waals surface area contributed by atoms with Gasteiger partial charge in [-0.05, 0) is 42.5 Å². The lowest BCUT2D eigenvalue weighted by Gasteiger charge is -2.26. The van der Waals surface area contributed by atoms with Gasteiger partial charge in [0.05, 0.1) is 19.2 Å². The second-order valence-corrected chi connectivity index (χ2v) is 6.68. The maximum absolute atomic E-state index is 13.1. The van der Waals surface area contributed by atoms with Crippen LogP contribution in [0.1, 0.15) is 16.8 Å². The fourth-order valence-corrected chi connectivity index (χ4v) is 3.26. The zero-order valence-electron chi connectivity index (χ0n) is 15.3. The highest BCUT2D eigenvalue weighted by atomic mass is 35.5. The third kappa shape index (κ3) is 3.77. The van der Waals surface area contributed by atoms with E-state index in [-0.39, 0.29) is 24.8 Å². The van der Waals surface area contributed by atoms with Gasteiger partial charge in [-0.3, -0.25) is 14.4 Å². The van der Waals surface area contributed by atoms with E-state index in [1.807, 2.05) is 0 Å². The smallest absolute Gasteiger partial charge is 0.257 e. The minimum Gasteiger partial charge on any atom is -0.497 e. The first-order valence-electron chi connectivity index (χ1n) is 8.64. The molecule has 1 heterocycles. The zero-order chi connectivity index (χ0) is 20.3. The largest absolute Gasteiger partial charge is 0.497 e. The molecule has 0 aliphatic carbocycles. The van der Waals surface area contributed by atoms with Gasteiger partial charge in [-0.2, -0.15) is 0 Å². The Balaban J connectivity index is 1.90. The van der Waals surface area contributed by atoms with Crippen molar-refractivity contribution in [1.29, 1.82) is 0 Å². The van der Waals surface area contributed by atoms with E-state index in [2.05, 4.69) is 6.58 Å². The standard InChI is InChI=1S/C21H19ClN2O4/c1-3-11-23(20(26)14-5-4-6-17(12-14)28-2)18-13-19(25)24(21(18)27)16-9-7-15(22)8-10-16/h3-10,12,18H,1,11,13H2,2H3. The number of ether oxygens (including phenoxy) is 1. The van der Waals surface area contributed by atoms with Gasteiger partial charge < -0.3 is 9.64 Å². The molecule has 0 spiro atoms. The summed E-state index contributed by atoms with van der Waals surface area (Å²) < 4.78 is 5.16. The number of imide groups is 1. The van der Waals surface area contributed by atoms with Crippen LogP contribution in [0.2, 0.25) is 5.02 Å². The van der Waals surface area contributed by atoms with Gasteiger partial charge in [0.25, 0.3) is 11.8 Å². The second kappa shape index (κ2) is 8.27. The van der Waals surface area contributed by atoms with Crippen LogP contribution in [0, 0.1) is 0 Å². The Morgan fingerprint density at radius 2 is 2.00 bits per heavy atom. The lowest BCUT2D eigenvalue weighted by atomic mass is 10.1. The second-order valence-electron chi connectivity index (χ2n) is 6.24. The number of anilines is 1. The normalized spacial score (nSPS) is 16.2. The van der Waals surface area contributed by atoms with Crippen molar-refractivity contribution in [3.8, 4) is 5.75 Å². The Kier molecular flexibility index (Phi) is 5.80. The predicted octanol–water partition coefficient (Wildman–Crippen LogP) is 3.31. The number of carbonyl (C=O) groups is 3. The van der Waals surface area contributed by atoms with Crippen molar-refractivity contribution >= 4 is 35.0 Å². The van der Waals surface area contributed by atoms with Gasteiger partial charge in [-0.15, -0.1) is 6.58 Å². The quantitative estimate of drug-likeness (QED) is 0.553. The van der Waals surface area contributed by atoms with Gasteiger partial charge in [0.15, 0.2) is 0 Å². The van der Waals surface area contributed by atoms with Crippen molar-refractivity contribution in [2.24, 2.45) is 0 Å². The van der Waals surface area contributed by atoms with Gasteiger partial charge >= 0.3 is 0 Å². The molecule has 144 valence electrons. The molecule has 0 N–H and O–H groups in total. The zero-order valence-corrected chi connectivity index (χ0v) is 16.1. The first kappa shape index (κ1) is 19.6. The van der Waals surface area contributed by atoms with Crippen LogP contribution in [0.3, 0.4) is 0 Å². The van der Waals surface area contributed by atoms with E-state index in [1.165, 1.54) is 18.1 Å². The molecule has 1 unspecified atom stereocenters. The number of hydrogen-bond acceptors (Lipinski definition) is 4. The van der Waals surface area contributed by atoms with E-state index in [0.717, 1.165) is 4.90 Å². The van der Waals surface area contributed by atoms with Crippen molar-refractivity contribution in [1.82, 2.24) is 4.90 Å². The van der Waals surface area contributed by atoms with Crippen LogP contribution in [0.15, 0.2) is 61.2 Å². The van der Waals surface area contributed by atoms with Gasteiger partial charge in [0.1, 0.15) is 11.8 Å². The average Bonchev–Trinajstić information content (AvgIpc) is 3.00. The summed E-state index contributed by atoms with van der Waals surface area (Å²) in [5, 5.41) is 0.501. The average molecular weight is 399 g/mol. The molecular weight excluding hydrogens is 380 g/mol. The summed E-state index contributed by atoms with van der Waals surface area (Å²) in [5.74, 6) is -0.667. The number of rotatable bonds is 6. The van der Waals surface area contributed by atoms with E-state index in [1.54, 1.807) is 48.5 Å². The fourth-order valence-electron chi connectivity index (χ4n) is 3.13. The van der Waals surface area contributed by atoms with E-state index in [0.29, 0.717) is 22.0 Å². The molecule has 1 fully saturated rings.